The fourth-order valence-electron chi connectivity index (χ4n) is 1.55. The minimum absolute atomic E-state index is 0.0140. The molecule has 0 fully saturated rings. The Kier molecular flexibility index (Phi) is 4.39. The van der Waals surface area contributed by atoms with E-state index in [-0.39, 0.29) is 5.69 Å². The van der Waals surface area contributed by atoms with Crippen molar-refractivity contribution in [1.82, 2.24) is 0 Å². The van der Waals surface area contributed by atoms with Crippen LogP contribution in [0.4, 0.5) is 5.69 Å². The van der Waals surface area contributed by atoms with Gasteiger partial charge in [-0.25, -0.2) is 0 Å². The number of benzene rings is 2. The van der Waals surface area contributed by atoms with Crippen LogP contribution in [-0.2, 0) is 5.33 Å². The number of rotatable bonds is 4. The minimum Gasteiger partial charge on any atom is -0.457 e. The zero-order chi connectivity index (χ0) is 13.8. The van der Waals surface area contributed by atoms with E-state index < -0.39 is 4.92 Å². The summed E-state index contributed by atoms with van der Waals surface area (Å²) in [6, 6.07) is 11.3. The molecule has 19 heavy (non-hydrogen) atoms. The van der Waals surface area contributed by atoms with Gasteiger partial charge in [0.15, 0.2) is 0 Å². The lowest BCUT2D eigenvalue weighted by atomic mass is 10.2. The fourth-order valence-corrected chi connectivity index (χ4v) is 2.52. The van der Waals surface area contributed by atoms with Crippen molar-refractivity contribution >= 4 is 33.2 Å². The molecule has 0 saturated heterocycles. The third-order valence-electron chi connectivity index (χ3n) is 2.47. The van der Waals surface area contributed by atoms with E-state index in [4.69, 9.17) is 16.3 Å². The van der Waals surface area contributed by atoms with Gasteiger partial charge in [0.05, 0.1) is 11.0 Å². The van der Waals surface area contributed by atoms with Crippen molar-refractivity contribution in [1.29, 1.82) is 0 Å². The lowest BCUT2D eigenvalue weighted by Gasteiger charge is -2.10. The monoisotopic (exact) mass is 341 g/mol. The topological polar surface area (TPSA) is 52.4 Å². The van der Waals surface area contributed by atoms with Crippen LogP contribution < -0.4 is 4.74 Å². The third-order valence-corrected chi connectivity index (χ3v) is 3.38. The molecule has 0 aliphatic rings. The Hall–Kier alpha value is -1.59. The largest absolute Gasteiger partial charge is 0.457 e. The van der Waals surface area contributed by atoms with E-state index in [2.05, 4.69) is 15.9 Å². The van der Waals surface area contributed by atoms with Gasteiger partial charge in [-0.1, -0.05) is 39.7 Å². The molecule has 2 aromatic rings. The molecular formula is C13H9BrClNO3. The first-order valence-electron chi connectivity index (χ1n) is 5.37. The first-order valence-corrected chi connectivity index (χ1v) is 6.87. The molecular weight excluding hydrogens is 334 g/mol. The number of halogens is 2. The Bertz CT molecular complexity index is 619. The summed E-state index contributed by atoms with van der Waals surface area (Å²) in [5, 5.41) is 11.8. The van der Waals surface area contributed by atoms with E-state index in [0.717, 1.165) is 5.56 Å². The second-order valence-electron chi connectivity index (χ2n) is 3.71. The van der Waals surface area contributed by atoms with Crippen molar-refractivity contribution < 1.29 is 9.66 Å². The quantitative estimate of drug-likeness (QED) is 0.449. The van der Waals surface area contributed by atoms with Crippen LogP contribution in [0.25, 0.3) is 0 Å². The maximum absolute atomic E-state index is 10.7. The van der Waals surface area contributed by atoms with Crippen LogP contribution in [0.3, 0.4) is 0 Å². The zero-order valence-electron chi connectivity index (χ0n) is 9.68. The molecule has 0 aromatic heterocycles. The van der Waals surface area contributed by atoms with Gasteiger partial charge in [0.25, 0.3) is 5.69 Å². The van der Waals surface area contributed by atoms with Crippen LogP contribution in [0, 0.1) is 10.1 Å². The highest BCUT2D eigenvalue weighted by atomic mass is 79.9. The van der Waals surface area contributed by atoms with E-state index in [1.165, 1.54) is 12.1 Å². The molecule has 4 nitrogen and oxygen atoms in total. The summed E-state index contributed by atoms with van der Waals surface area (Å²) < 4.78 is 5.65. The smallest absolute Gasteiger partial charge is 0.273 e. The summed E-state index contributed by atoms with van der Waals surface area (Å²) in [6.07, 6.45) is 0. The lowest BCUT2D eigenvalue weighted by Crippen LogP contribution is -1.92. The highest BCUT2D eigenvalue weighted by molar-refractivity contribution is 9.08. The number of ether oxygens (including phenoxy) is 1. The molecule has 0 amide bonds. The van der Waals surface area contributed by atoms with Gasteiger partial charge in [0, 0.05) is 22.0 Å². The van der Waals surface area contributed by atoms with E-state index >= 15 is 0 Å². The molecule has 0 atom stereocenters. The van der Waals surface area contributed by atoms with Gasteiger partial charge < -0.3 is 4.74 Å². The summed E-state index contributed by atoms with van der Waals surface area (Å²) in [6.45, 7) is 0. The van der Waals surface area contributed by atoms with E-state index in [1.54, 1.807) is 30.3 Å². The zero-order valence-corrected chi connectivity index (χ0v) is 12.0. The summed E-state index contributed by atoms with van der Waals surface area (Å²) in [5.74, 6) is 0.975. The number of non-ortho nitro benzene ring substituents is 1. The number of nitrogens with zero attached hydrogens (tertiary/aromatic N) is 1. The Morgan fingerprint density at radius 2 is 2.00 bits per heavy atom. The molecule has 2 aromatic carbocycles. The van der Waals surface area contributed by atoms with Crippen molar-refractivity contribution in [3.8, 4) is 11.5 Å². The highest BCUT2D eigenvalue weighted by Gasteiger charge is 2.10. The normalized spacial score (nSPS) is 10.2. The molecule has 0 bridgehead atoms. The van der Waals surface area contributed by atoms with Crippen LogP contribution in [0.2, 0.25) is 5.02 Å². The molecule has 0 aliphatic heterocycles. The number of hydrogen-bond acceptors (Lipinski definition) is 3. The Balaban J connectivity index is 2.33. The van der Waals surface area contributed by atoms with Gasteiger partial charge in [-0.05, 0) is 18.2 Å². The minimum atomic E-state index is -0.462. The number of hydrogen-bond donors (Lipinski definition) is 0. The SMILES string of the molecule is O=[N+]([O-])c1cccc(Oc2cccc(Cl)c2CBr)c1. The molecule has 2 rings (SSSR count). The average Bonchev–Trinajstić information content (AvgIpc) is 2.39. The predicted molar refractivity (Wildman–Crippen MR) is 77.3 cm³/mol. The van der Waals surface area contributed by atoms with Crippen molar-refractivity contribution in [2.75, 3.05) is 0 Å². The van der Waals surface area contributed by atoms with Crippen LogP contribution in [0.1, 0.15) is 5.56 Å². The summed E-state index contributed by atoms with van der Waals surface area (Å²) >= 11 is 9.40. The van der Waals surface area contributed by atoms with Crippen LogP contribution in [0.15, 0.2) is 42.5 Å². The van der Waals surface area contributed by atoms with Crippen LogP contribution >= 0.6 is 27.5 Å². The summed E-state index contributed by atoms with van der Waals surface area (Å²) in [4.78, 5) is 10.2. The number of nitro benzene ring substituents is 1. The second-order valence-corrected chi connectivity index (χ2v) is 4.67. The van der Waals surface area contributed by atoms with Gasteiger partial charge in [-0.3, -0.25) is 10.1 Å². The predicted octanol–water partition coefficient (Wildman–Crippen LogP) is 4.94. The number of nitro groups is 1. The van der Waals surface area contributed by atoms with Crippen molar-refractivity contribution in [2.45, 2.75) is 5.33 Å². The average molecular weight is 343 g/mol. The van der Waals surface area contributed by atoms with Gasteiger partial charge in [-0.15, -0.1) is 0 Å². The lowest BCUT2D eigenvalue weighted by molar-refractivity contribution is -0.384. The molecule has 0 aliphatic carbocycles. The van der Waals surface area contributed by atoms with Crippen molar-refractivity contribution in [2.24, 2.45) is 0 Å². The van der Waals surface area contributed by atoms with E-state index in [0.29, 0.717) is 21.9 Å². The molecule has 0 radical (unpaired) electrons. The number of alkyl halides is 1. The van der Waals surface area contributed by atoms with Gasteiger partial charge in [0.1, 0.15) is 11.5 Å². The second kappa shape index (κ2) is 6.04. The van der Waals surface area contributed by atoms with Crippen molar-refractivity contribution in [3.63, 3.8) is 0 Å². The Labute approximate surface area is 123 Å². The highest BCUT2D eigenvalue weighted by Crippen LogP contribution is 2.33. The molecule has 0 heterocycles. The molecule has 0 N–H and O–H groups in total. The molecule has 6 heteroatoms. The molecule has 0 saturated carbocycles. The fraction of sp³-hybridized carbons (Fsp3) is 0.0769. The van der Waals surface area contributed by atoms with Crippen molar-refractivity contribution in [3.05, 3.63) is 63.2 Å². The molecule has 0 unspecified atom stereocenters. The third kappa shape index (κ3) is 3.24. The van der Waals surface area contributed by atoms with Gasteiger partial charge in [-0.2, -0.15) is 0 Å². The van der Waals surface area contributed by atoms with Gasteiger partial charge in [0.2, 0.25) is 0 Å². The first kappa shape index (κ1) is 13.8. The standard InChI is InChI=1S/C13H9BrClNO3/c14-8-11-12(15)5-2-6-13(11)19-10-4-1-3-9(7-10)16(17)18/h1-7H,8H2. The van der Waals surface area contributed by atoms with Crippen LogP contribution in [0.5, 0.6) is 11.5 Å². The van der Waals surface area contributed by atoms with Crippen LogP contribution in [-0.4, -0.2) is 4.92 Å². The Morgan fingerprint density at radius 1 is 1.26 bits per heavy atom. The molecule has 0 spiro atoms. The first-order chi connectivity index (χ1) is 9.11. The maximum atomic E-state index is 10.7. The molecule has 98 valence electrons. The van der Waals surface area contributed by atoms with E-state index in [1.807, 2.05) is 0 Å². The summed E-state index contributed by atoms with van der Waals surface area (Å²) in [5.41, 5.74) is 0.788. The van der Waals surface area contributed by atoms with Gasteiger partial charge >= 0.3 is 0 Å². The summed E-state index contributed by atoms with van der Waals surface area (Å²) in [7, 11) is 0. The van der Waals surface area contributed by atoms with E-state index in [9.17, 15) is 10.1 Å². The maximum Gasteiger partial charge on any atom is 0.273 e. The Morgan fingerprint density at radius 3 is 2.68 bits per heavy atom.